The van der Waals surface area contributed by atoms with Crippen molar-refractivity contribution in [3.63, 3.8) is 0 Å². The number of aliphatic imine (C=N–C) groups is 1. The second-order valence-corrected chi connectivity index (χ2v) is 26.5. The molecule has 8 N–H and O–H groups in total. The van der Waals surface area contributed by atoms with Gasteiger partial charge in [0.05, 0.1) is 16.6 Å². The van der Waals surface area contributed by atoms with Crippen LogP contribution in [0.4, 0.5) is 31.4 Å². The highest BCUT2D eigenvalue weighted by Crippen LogP contribution is 2.33. The van der Waals surface area contributed by atoms with Crippen molar-refractivity contribution in [1.29, 1.82) is 0 Å². The number of amides is 3. The third-order valence-corrected chi connectivity index (χ3v) is 15.1. The number of imidazole rings is 2. The van der Waals surface area contributed by atoms with Crippen molar-refractivity contribution in [3.8, 4) is 0 Å². The Morgan fingerprint density at radius 3 is 1.53 bits per heavy atom. The monoisotopic (exact) mass is 1300 g/mol. The fraction of sp³-hybridized carbons (Fsp3) is 0.424. The molecule has 0 bridgehead atoms. The van der Waals surface area contributed by atoms with E-state index in [1.807, 2.05) is 127 Å². The van der Waals surface area contributed by atoms with Crippen LogP contribution in [-0.2, 0) is 14.2 Å². The number of ether oxygens (including phenoxy) is 3. The lowest BCUT2D eigenvalue weighted by atomic mass is 9.90. The number of carbonyl (C=O) groups is 3. The summed E-state index contributed by atoms with van der Waals surface area (Å²) in [5, 5.41) is 4.78. The molecular formula is C66H87N13O9S3. The third-order valence-electron chi connectivity index (χ3n) is 14.0. The summed E-state index contributed by atoms with van der Waals surface area (Å²) < 4.78 is 24.2. The number of likely N-dealkylation sites (tertiary alicyclic amines) is 3. The number of thiocarbonyl (C=S) groups is 2. The number of aromatic amines is 1. The van der Waals surface area contributed by atoms with Gasteiger partial charge in [-0.3, -0.25) is 14.1 Å². The van der Waals surface area contributed by atoms with E-state index in [9.17, 15) is 24.0 Å². The number of nitrogens with zero attached hydrogens (tertiary/aromatic N) is 8. The van der Waals surface area contributed by atoms with E-state index in [1.165, 1.54) is 28.5 Å². The van der Waals surface area contributed by atoms with Crippen molar-refractivity contribution in [2.24, 2.45) is 16.5 Å². The summed E-state index contributed by atoms with van der Waals surface area (Å²) in [7, 11) is 0. The lowest BCUT2D eigenvalue weighted by molar-refractivity contribution is 0.0188. The molecule has 3 amide bonds. The van der Waals surface area contributed by atoms with Gasteiger partial charge in [0, 0.05) is 93.2 Å². The number of nitrogens with one attached hydrogen (secondary N) is 2. The van der Waals surface area contributed by atoms with Gasteiger partial charge in [0.15, 0.2) is 15.4 Å². The zero-order chi connectivity index (χ0) is 66.5. The van der Waals surface area contributed by atoms with E-state index in [0.29, 0.717) is 58.6 Å². The van der Waals surface area contributed by atoms with E-state index in [0.717, 1.165) is 75.2 Å². The number of amidine groups is 1. The maximum absolute atomic E-state index is 12.3. The van der Waals surface area contributed by atoms with Crippen molar-refractivity contribution >= 4 is 97.8 Å². The first kappa shape index (κ1) is 71.5. The Morgan fingerprint density at radius 2 is 1.09 bits per heavy atom. The second kappa shape index (κ2) is 33.5. The van der Waals surface area contributed by atoms with E-state index in [4.69, 9.17) is 55.8 Å². The number of nitrogen functional groups attached to an aromatic ring is 1. The van der Waals surface area contributed by atoms with Crippen LogP contribution in [-0.4, -0.2) is 135 Å². The Balaban J connectivity index is 0.000000185. The number of anilines is 2. The Hall–Kier alpha value is -8.55. The summed E-state index contributed by atoms with van der Waals surface area (Å²) in [6.07, 6.45) is 17.6. The zero-order valence-corrected chi connectivity index (χ0v) is 56.1. The minimum Gasteiger partial charge on any atom is -0.444 e. The predicted octanol–water partition coefficient (Wildman–Crippen LogP) is 12.2. The third kappa shape index (κ3) is 24.3. The number of aromatic nitrogens is 5. The van der Waals surface area contributed by atoms with Crippen LogP contribution in [0.3, 0.4) is 0 Å². The van der Waals surface area contributed by atoms with Gasteiger partial charge >= 0.3 is 29.7 Å². The molecule has 0 saturated carbocycles. The molecule has 4 aromatic carbocycles. The smallest absolute Gasteiger partial charge is 0.419 e. The lowest BCUT2D eigenvalue weighted by Gasteiger charge is -2.34. The molecule has 3 saturated heterocycles. The first-order valence-electron chi connectivity index (χ1n) is 30.1. The summed E-state index contributed by atoms with van der Waals surface area (Å²) in [5.74, 6) is 0.222. The van der Waals surface area contributed by atoms with Gasteiger partial charge in [0.2, 0.25) is 0 Å². The number of carbonyl (C=O) groups excluding carboxylic acids is 3. The van der Waals surface area contributed by atoms with Gasteiger partial charge < -0.3 is 55.8 Å². The van der Waals surface area contributed by atoms with Gasteiger partial charge in [-0.25, -0.2) is 38.9 Å². The average Bonchev–Trinajstić information content (AvgIpc) is 3.16. The van der Waals surface area contributed by atoms with Crippen molar-refractivity contribution in [2.75, 3.05) is 56.6 Å². The average molecular weight is 1300 g/mol. The molecule has 3 aromatic heterocycles. The number of fused-ring (bicyclic) bond motifs is 1. The molecule has 3 fully saturated rings. The molecule has 10 rings (SSSR count). The van der Waals surface area contributed by atoms with E-state index in [2.05, 4.69) is 53.9 Å². The Labute approximate surface area is 547 Å². The van der Waals surface area contributed by atoms with Crippen LogP contribution < -0.4 is 33.9 Å². The zero-order valence-electron chi connectivity index (χ0n) is 53.6. The largest absolute Gasteiger partial charge is 0.444 e. The van der Waals surface area contributed by atoms with Crippen LogP contribution >= 0.6 is 36.2 Å². The second-order valence-electron chi connectivity index (χ2n) is 24.9. The maximum atomic E-state index is 12.3. The number of rotatable bonds is 5. The SMILES string of the molecule is CC(C)(C)OC(=O)N1CCCC(c2cccc(N)c2)C1.CC(C)(C)OC(=O)N1CCCC(c2cccc(NC(N)=S)c2)C1.CSC(N)=Nc1cccc(C2CCCN(C(=O)OC(C)(C)C)C2)c1.O=c1[nH]c2ccccc2c(=O)o1.S=C(n1ccnc1)n1ccnc1. The highest BCUT2D eigenvalue weighted by atomic mass is 32.2. The number of nitrogens with two attached hydrogens (primary N) is 3. The number of hydrogen-bond acceptors (Lipinski definition) is 16. The molecule has 25 heteroatoms. The summed E-state index contributed by atoms with van der Waals surface area (Å²) >= 11 is 11.4. The molecule has 7 aromatic rings. The number of piperidine rings is 3. The Bertz CT molecular complexity index is 3630. The minimum absolute atomic E-state index is 0.217. The molecule has 91 heavy (non-hydrogen) atoms. The normalized spacial score (nSPS) is 16.7. The summed E-state index contributed by atoms with van der Waals surface area (Å²) in [6.45, 7) is 21.3. The van der Waals surface area contributed by atoms with Crippen LogP contribution in [0.25, 0.3) is 10.9 Å². The molecule has 6 heterocycles. The molecule has 488 valence electrons. The van der Waals surface area contributed by atoms with Gasteiger partial charge in [-0.1, -0.05) is 60.3 Å². The fourth-order valence-electron chi connectivity index (χ4n) is 9.99. The molecule has 3 atom stereocenters. The van der Waals surface area contributed by atoms with Crippen LogP contribution in [0.15, 0.2) is 154 Å². The maximum Gasteiger partial charge on any atom is 0.419 e. The fourth-order valence-corrected chi connectivity index (χ4v) is 10.5. The van der Waals surface area contributed by atoms with E-state index in [1.54, 1.807) is 75.7 Å². The summed E-state index contributed by atoms with van der Waals surface area (Å²) in [4.78, 5) is 78.4. The van der Waals surface area contributed by atoms with Gasteiger partial charge in [0.1, 0.15) is 29.5 Å². The molecule has 22 nitrogen and oxygen atoms in total. The van der Waals surface area contributed by atoms with Gasteiger partial charge in [-0.2, -0.15) is 0 Å². The highest BCUT2D eigenvalue weighted by Gasteiger charge is 2.31. The predicted molar refractivity (Wildman–Crippen MR) is 369 cm³/mol. The van der Waals surface area contributed by atoms with Crippen molar-refractivity contribution in [3.05, 3.63) is 172 Å². The number of para-hydroxylation sites is 1. The van der Waals surface area contributed by atoms with Gasteiger partial charge in [0.25, 0.3) is 0 Å². The Morgan fingerprint density at radius 1 is 0.637 bits per heavy atom. The van der Waals surface area contributed by atoms with Gasteiger partial charge in [-0.15, -0.1) is 0 Å². The standard InChI is InChI=1S/C18H27N3O2S.C17H25N3O2S.C16H24N2O2.C8H5NO3.C7H6N4S/c1-18(2,3)23-17(22)21-10-6-8-14(12-21)13-7-5-9-15(11-13)20-16(19)24-4;1-17(2,3)22-16(21)20-9-5-7-13(11-20)12-6-4-8-14(10-12)19-15(18)23;1-16(2,3)20-15(19)18-9-5-7-13(11-18)12-6-4-8-14(17)10-12;10-7-5-3-1-2-4-6(5)9-8(11)12-7;12-7(10-3-1-8-5-10)11-4-2-9-6-11/h5,7,9,11,14H,6,8,10,12H2,1-4H3,(H2,19,20);4,6,8,10,13H,5,7,9,11H2,1-3H3,(H3,18,19,23);4,6,8,10,13H,5,7,9,11,17H2,1-3H3;1-4H,(H,9,11);1-6H. The van der Waals surface area contributed by atoms with E-state index < -0.39 is 28.2 Å². The first-order chi connectivity index (χ1) is 43.0. The van der Waals surface area contributed by atoms with Crippen molar-refractivity contribution in [2.45, 2.75) is 135 Å². The summed E-state index contributed by atoms with van der Waals surface area (Å²) in [5.41, 5.74) is 21.8. The summed E-state index contributed by atoms with van der Waals surface area (Å²) in [6, 6.07) is 30.7. The van der Waals surface area contributed by atoms with Crippen LogP contribution in [0.2, 0.25) is 0 Å². The molecule has 3 aliphatic heterocycles. The van der Waals surface area contributed by atoms with Crippen molar-refractivity contribution < 1.29 is 33.0 Å². The molecule has 3 aliphatic rings. The lowest BCUT2D eigenvalue weighted by Crippen LogP contribution is -2.42. The van der Waals surface area contributed by atoms with E-state index in [-0.39, 0.29) is 23.4 Å². The van der Waals surface area contributed by atoms with Gasteiger partial charge in [-0.05, 0) is 197 Å². The van der Waals surface area contributed by atoms with E-state index >= 15 is 0 Å². The molecule has 0 radical (unpaired) electrons. The quantitative estimate of drug-likeness (QED) is 0.0352. The van der Waals surface area contributed by atoms with Crippen molar-refractivity contribution in [1.82, 2.24) is 38.8 Å². The Kier molecular flexibility index (Phi) is 26.3. The molecule has 0 spiro atoms. The van der Waals surface area contributed by atoms with Crippen LogP contribution in [0, 0.1) is 0 Å². The minimum atomic E-state index is -0.723. The number of H-pyrrole nitrogens is 1. The number of thioether (sulfide) groups is 1. The first-order valence-corrected chi connectivity index (χ1v) is 32.1. The van der Waals surface area contributed by atoms with Crippen LogP contribution in [0.5, 0.6) is 0 Å². The number of benzene rings is 4. The molecule has 3 unspecified atom stereocenters. The van der Waals surface area contributed by atoms with Crippen LogP contribution in [0.1, 0.15) is 135 Å². The topological polar surface area (TPSA) is 290 Å². The number of hydrogen-bond donors (Lipinski definition) is 5. The molecular weight excluding hydrogens is 1220 g/mol. The highest BCUT2D eigenvalue weighted by molar-refractivity contribution is 8.13. The molecule has 0 aliphatic carbocycles.